The van der Waals surface area contributed by atoms with Crippen LogP contribution in [0.25, 0.3) is 16.8 Å². The van der Waals surface area contributed by atoms with Gasteiger partial charge in [0.2, 0.25) is 5.91 Å². The number of amides is 1. The summed E-state index contributed by atoms with van der Waals surface area (Å²) in [6.07, 6.45) is 0. The molecule has 0 radical (unpaired) electrons. The van der Waals surface area contributed by atoms with Crippen LogP contribution in [0.2, 0.25) is 0 Å². The maximum absolute atomic E-state index is 11.7. The number of amidine groups is 1. The Kier molecular flexibility index (Phi) is 5.01. The quantitative estimate of drug-likeness (QED) is 0.845. The van der Waals surface area contributed by atoms with Gasteiger partial charge in [-0.1, -0.05) is 72.9 Å². The van der Waals surface area contributed by atoms with E-state index < -0.39 is 0 Å². The van der Waals surface area contributed by atoms with Crippen LogP contribution in [0.3, 0.4) is 0 Å². The number of hydrogen-bond donors (Lipinski definition) is 1. The van der Waals surface area contributed by atoms with E-state index in [2.05, 4.69) is 41.4 Å². The molecule has 1 saturated heterocycles. The Morgan fingerprint density at radius 2 is 1.83 bits per heavy atom. The molecule has 1 fully saturated rings. The Balaban J connectivity index is 1.69. The standard InChI is InChI=1S/C19H19N3OS/c1-3-22-18(23)13-24-19(22)21-20-14(2)15-9-11-17(12-10-15)16-7-5-4-6-8-16/h4-12,20H,2-3,13H2,1H3. The molecule has 3 rings (SSSR count). The Morgan fingerprint density at radius 1 is 1.17 bits per heavy atom. The summed E-state index contributed by atoms with van der Waals surface area (Å²) in [6.45, 7) is 6.60. The molecule has 1 heterocycles. The molecule has 2 aromatic carbocycles. The summed E-state index contributed by atoms with van der Waals surface area (Å²) >= 11 is 1.44. The molecule has 0 unspecified atom stereocenters. The number of rotatable bonds is 5. The number of nitrogens with zero attached hydrogens (tertiary/aromatic N) is 2. The zero-order valence-corrected chi connectivity index (χ0v) is 14.3. The van der Waals surface area contributed by atoms with E-state index in [0.29, 0.717) is 23.2 Å². The predicted octanol–water partition coefficient (Wildman–Crippen LogP) is 3.78. The Labute approximate surface area is 146 Å². The van der Waals surface area contributed by atoms with Crippen LogP contribution in [0.1, 0.15) is 12.5 Å². The van der Waals surface area contributed by atoms with Crippen molar-refractivity contribution in [2.24, 2.45) is 5.10 Å². The molecule has 1 N–H and O–H groups in total. The summed E-state index contributed by atoms with van der Waals surface area (Å²) in [4.78, 5) is 13.3. The molecule has 0 spiro atoms. The zero-order valence-electron chi connectivity index (χ0n) is 13.5. The molecule has 1 aliphatic rings. The third kappa shape index (κ3) is 3.51. The molecule has 5 heteroatoms. The number of thioether (sulfide) groups is 1. The first kappa shape index (κ1) is 16.3. The molecule has 0 atom stereocenters. The fraction of sp³-hybridized carbons (Fsp3) is 0.158. The van der Waals surface area contributed by atoms with Crippen molar-refractivity contribution >= 4 is 28.5 Å². The van der Waals surface area contributed by atoms with Gasteiger partial charge in [-0.15, -0.1) is 5.10 Å². The van der Waals surface area contributed by atoms with Gasteiger partial charge in [-0.2, -0.15) is 0 Å². The van der Waals surface area contributed by atoms with Gasteiger partial charge in [0.15, 0.2) is 5.17 Å². The summed E-state index contributed by atoms with van der Waals surface area (Å²) in [5, 5.41) is 5.02. The van der Waals surface area contributed by atoms with Crippen LogP contribution >= 0.6 is 11.8 Å². The summed E-state index contributed by atoms with van der Waals surface area (Å²) in [7, 11) is 0. The molecule has 2 aromatic rings. The van der Waals surface area contributed by atoms with Crippen molar-refractivity contribution in [3.05, 3.63) is 66.7 Å². The van der Waals surface area contributed by atoms with Gasteiger partial charge in [0.25, 0.3) is 0 Å². The van der Waals surface area contributed by atoms with Crippen LogP contribution in [0.5, 0.6) is 0 Å². The summed E-state index contributed by atoms with van der Waals surface area (Å²) in [5.74, 6) is 0.549. The lowest BCUT2D eigenvalue weighted by atomic mass is 10.0. The Hall–Kier alpha value is -2.53. The molecule has 4 nitrogen and oxygen atoms in total. The van der Waals surface area contributed by atoms with Crippen molar-refractivity contribution in [1.29, 1.82) is 0 Å². The highest BCUT2D eigenvalue weighted by atomic mass is 32.2. The van der Waals surface area contributed by atoms with E-state index in [9.17, 15) is 4.79 Å². The topological polar surface area (TPSA) is 44.7 Å². The van der Waals surface area contributed by atoms with E-state index in [4.69, 9.17) is 0 Å². The number of carbonyl (C=O) groups is 1. The van der Waals surface area contributed by atoms with Crippen molar-refractivity contribution in [3.63, 3.8) is 0 Å². The Bertz CT molecular complexity index is 769. The molecule has 24 heavy (non-hydrogen) atoms. The molecule has 0 aromatic heterocycles. The summed E-state index contributed by atoms with van der Waals surface area (Å²) < 4.78 is 0. The van der Waals surface area contributed by atoms with Crippen LogP contribution in [0, 0.1) is 0 Å². The normalized spacial score (nSPS) is 15.8. The lowest BCUT2D eigenvalue weighted by Gasteiger charge is -2.13. The largest absolute Gasteiger partial charge is 0.289 e. The van der Waals surface area contributed by atoms with Crippen molar-refractivity contribution in [1.82, 2.24) is 10.3 Å². The smallest absolute Gasteiger partial charge is 0.239 e. The highest BCUT2D eigenvalue weighted by Crippen LogP contribution is 2.22. The van der Waals surface area contributed by atoms with E-state index in [1.807, 2.05) is 37.3 Å². The number of hydrazone groups is 1. The second-order valence-electron chi connectivity index (χ2n) is 5.35. The Morgan fingerprint density at radius 3 is 2.50 bits per heavy atom. The minimum absolute atomic E-state index is 0.0980. The fourth-order valence-electron chi connectivity index (χ4n) is 2.47. The van der Waals surface area contributed by atoms with E-state index in [1.54, 1.807) is 4.90 Å². The highest BCUT2D eigenvalue weighted by Gasteiger charge is 2.26. The van der Waals surface area contributed by atoms with Crippen molar-refractivity contribution in [2.75, 3.05) is 12.3 Å². The van der Waals surface area contributed by atoms with Gasteiger partial charge in [0, 0.05) is 6.54 Å². The zero-order chi connectivity index (χ0) is 16.9. The van der Waals surface area contributed by atoms with E-state index in [1.165, 1.54) is 17.3 Å². The molecule has 1 aliphatic heterocycles. The third-order valence-corrected chi connectivity index (χ3v) is 4.76. The average Bonchev–Trinajstić information content (AvgIpc) is 3.00. The van der Waals surface area contributed by atoms with Crippen molar-refractivity contribution < 1.29 is 4.79 Å². The van der Waals surface area contributed by atoms with Crippen LogP contribution in [-0.2, 0) is 4.79 Å². The van der Waals surface area contributed by atoms with Gasteiger partial charge in [0.05, 0.1) is 11.4 Å². The average molecular weight is 337 g/mol. The molecule has 0 bridgehead atoms. The van der Waals surface area contributed by atoms with Crippen LogP contribution in [0.4, 0.5) is 0 Å². The second kappa shape index (κ2) is 7.36. The maximum atomic E-state index is 11.7. The third-order valence-electron chi connectivity index (χ3n) is 3.80. The minimum Gasteiger partial charge on any atom is -0.289 e. The first-order chi connectivity index (χ1) is 11.7. The first-order valence-electron chi connectivity index (χ1n) is 7.80. The SMILES string of the molecule is C=C(NN=C1SCC(=O)N1CC)c1ccc(-c2ccccc2)cc1. The highest BCUT2D eigenvalue weighted by molar-refractivity contribution is 8.15. The first-order valence-corrected chi connectivity index (χ1v) is 8.79. The van der Waals surface area contributed by atoms with E-state index in [-0.39, 0.29) is 5.91 Å². The minimum atomic E-state index is 0.0980. The predicted molar refractivity (Wildman–Crippen MR) is 101 cm³/mol. The number of hydrogen-bond acceptors (Lipinski definition) is 4. The lowest BCUT2D eigenvalue weighted by molar-refractivity contribution is -0.123. The van der Waals surface area contributed by atoms with Crippen molar-refractivity contribution in [3.8, 4) is 11.1 Å². The molecule has 0 saturated carbocycles. The number of nitrogens with one attached hydrogen (secondary N) is 1. The van der Waals surface area contributed by atoms with Gasteiger partial charge < -0.3 is 0 Å². The van der Waals surface area contributed by atoms with Gasteiger partial charge in [-0.3, -0.25) is 15.1 Å². The van der Waals surface area contributed by atoms with Gasteiger partial charge in [0.1, 0.15) is 0 Å². The van der Waals surface area contributed by atoms with E-state index in [0.717, 1.165) is 11.1 Å². The number of benzene rings is 2. The number of carbonyl (C=O) groups excluding carboxylic acids is 1. The molecule has 122 valence electrons. The maximum Gasteiger partial charge on any atom is 0.239 e. The van der Waals surface area contributed by atoms with Crippen LogP contribution < -0.4 is 5.43 Å². The van der Waals surface area contributed by atoms with Gasteiger partial charge >= 0.3 is 0 Å². The molecular formula is C19H19N3OS. The monoisotopic (exact) mass is 337 g/mol. The lowest BCUT2D eigenvalue weighted by Crippen LogP contribution is -2.30. The van der Waals surface area contributed by atoms with Gasteiger partial charge in [-0.25, -0.2) is 0 Å². The van der Waals surface area contributed by atoms with Gasteiger partial charge in [-0.05, 0) is 23.6 Å². The van der Waals surface area contributed by atoms with E-state index >= 15 is 0 Å². The second-order valence-corrected chi connectivity index (χ2v) is 6.30. The summed E-state index contributed by atoms with van der Waals surface area (Å²) in [5.41, 5.74) is 6.98. The molecular weight excluding hydrogens is 318 g/mol. The van der Waals surface area contributed by atoms with Crippen LogP contribution in [-0.4, -0.2) is 28.3 Å². The van der Waals surface area contributed by atoms with Crippen LogP contribution in [0.15, 0.2) is 66.3 Å². The molecule has 0 aliphatic carbocycles. The molecule has 1 amide bonds. The summed E-state index contributed by atoms with van der Waals surface area (Å²) in [6, 6.07) is 18.4. The fourth-order valence-corrected chi connectivity index (χ4v) is 3.37. The van der Waals surface area contributed by atoms with Crippen molar-refractivity contribution in [2.45, 2.75) is 6.92 Å².